The van der Waals surface area contributed by atoms with Crippen molar-refractivity contribution in [2.45, 2.75) is 33.4 Å². The smallest absolute Gasteiger partial charge is 0.239 e. The minimum absolute atomic E-state index is 0.147. The molecular weight excluding hydrogens is 218 g/mol. The van der Waals surface area contributed by atoms with Crippen LogP contribution in [0.15, 0.2) is 12.4 Å². The monoisotopic (exact) mass is 239 g/mol. The summed E-state index contributed by atoms with van der Waals surface area (Å²) in [4.78, 5) is 13.8. The Hall–Kier alpha value is -1.43. The van der Waals surface area contributed by atoms with E-state index in [0.29, 0.717) is 6.54 Å². The van der Waals surface area contributed by atoms with Gasteiger partial charge in [0.05, 0.1) is 18.8 Å². The minimum Gasteiger partial charge on any atom is -0.342 e. The molecule has 1 rings (SSSR count). The number of amides is 1. The van der Waals surface area contributed by atoms with E-state index < -0.39 is 0 Å². The van der Waals surface area contributed by atoms with Gasteiger partial charge in [0.25, 0.3) is 0 Å². The maximum absolute atomic E-state index is 11.9. The molecule has 6 heteroatoms. The van der Waals surface area contributed by atoms with E-state index in [1.807, 2.05) is 25.7 Å². The number of carbonyl (C=O) groups is 1. The SMILES string of the molecule is CCN(CC)C(=O)C(C)NCCn1ccnn1. The summed E-state index contributed by atoms with van der Waals surface area (Å²) < 4.78 is 1.74. The molecule has 1 atom stereocenters. The molecule has 1 heterocycles. The van der Waals surface area contributed by atoms with Crippen LogP contribution >= 0.6 is 0 Å². The molecule has 0 fully saturated rings. The lowest BCUT2D eigenvalue weighted by Crippen LogP contribution is -2.45. The number of rotatable bonds is 7. The van der Waals surface area contributed by atoms with Crippen LogP contribution in [0.1, 0.15) is 20.8 Å². The fourth-order valence-electron chi connectivity index (χ4n) is 1.64. The average Bonchev–Trinajstić information content (AvgIpc) is 2.83. The zero-order valence-electron chi connectivity index (χ0n) is 10.8. The number of likely N-dealkylation sites (N-methyl/N-ethyl adjacent to an activating group) is 1. The van der Waals surface area contributed by atoms with Crippen LogP contribution in [-0.4, -0.2) is 51.5 Å². The molecular formula is C11H21N5O. The summed E-state index contributed by atoms with van der Waals surface area (Å²) in [6.07, 6.45) is 3.45. The highest BCUT2D eigenvalue weighted by atomic mass is 16.2. The van der Waals surface area contributed by atoms with E-state index in [4.69, 9.17) is 0 Å². The van der Waals surface area contributed by atoms with E-state index in [2.05, 4.69) is 15.6 Å². The molecule has 1 aromatic rings. The van der Waals surface area contributed by atoms with Crippen molar-refractivity contribution < 1.29 is 4.79 Å². The van der Waals surface area contributed by atoms with Crippen LogP contribution < -0.4 is 5.32 Å². The van der Waals surface area contributed by atoms with Crippen molar-refractivity contribution >= 4 is 5.91 Å². The lowest BCUT2D eigenvalue weighted by Gasteiger charge is -2.23. The molecule has 1 amide bonds. The summed E-state index contributed by atoms with van der Waals surface area (Å²) in [5, 5.41) is 10.8. The number of hydrogen-bond acceptors (Lipinski definition) is 4. The van der Waals surface area contributed by atoms with E-state index in [9.17, 15) is 4.79 Å². The molecule has 0 aliphatic heterocycles. The van der Waals surface area contributed by atoms with Crippen molar-refractivity contribution in [3.8, 4) is 0 Å². The largest absolute Gasteiger partial charge is 0.342 e. The van der Waals surface area contributed by atoms with Gasteiger partial charge in [0.2, 0.25) is 5.91 Å². The summed E-state index contributed by atoms with van der Waals surface area (Å²) in [7, 11) is 0. The third-order valence-electron chi connectivity index (χ3n) is 2.71. The Balaban J connectivity index is 2.28. The van der Waals surface area contributed by atoms with Crippen molar-refractivity contribution in [2.75, 3.05) is 19.6 Å². The first-order valence-electron chi connectivity index (χ1n) is 6.05. The second-order valence-electron chi connectivity index (χ2n) is 3.85. The highest BCUT2D eigenvalue weighted by Crippen LogP contribution is 1.94. The number of aromatic nitrogens is 3. The van der Waals surface area contributed by atoms with Crippen molar-refractivity contribution in [1.29, 1.82) is 0 Å². The van der Waals surface area contributed by atoms with Gasteiger partial charge < -0.3 is 10.2 Å². The normalized spacial score (nSPS) is 12.4. The second kappa shape index (κ2) is 7.01. The minimum atomic E-state index is -0.154. The highest BCUT2D eigenvalue weighted by molar-refractivity contribution is 5.81. The van der Waals surface area contributed by atoms with Crippen LogP contribution in [0, 0.1) is 0 Å². The molecule has 0 aromatic carbocycles. The summed E-state index contributed by atoms with van der Waals surface area (Å²) in [6, 6.07) is -0.154. The van der Waals surface area contributed by atoms with Gasteiger partial charge in [-0.2, -0.15) is 0 Å². The van der Waals surface area contributed by atoms with Crippen LogP contribution in [0.5, 0.6) is 0 Å². The first-order chi connectivity index (χ1) is 8.19. The number of nitrogens with one attached hydrogen (secondary N) is 1. The van der Waals surface area contributed by atoms with Crippen molar-refractivity contribution in [2.24, 2.45) is 0 Å². The number of hydrogen-bond donors (Lipinski definition) is 1. The summed E-state index contributed by atoms with van der Waals surface area (Å²) in [6.45, 7) is 8.80. The maximum Gasteiger partial charge on any atom is 0.239 e. The van der Waals surface area contributed by atoms with Crippen LogP contribution in [0.2, 0.25) is 0 Å². The predicted octanol–water partition coefficient (Wildman–Crippen LogP) is 0.125. The van der Waals surface area contributed by atoms with Crippen LogP contribution in [-0.2, 0) is 11.3 Å². The van der Waals surface area contributed by atoms with Gasteiger partial charge in [-0.3, -0.25) is 9.48 Å². The third-order valence-corrected chi connectivity index (χ3v) is 2.71. The molecule has 0 aliphatic carbocycles. The van der Waals surface area contributed by atoms with Crippen LogP contribution in [0.3, 0.4) is 0 Å². The third kappa shape index (κ3) is 4.14. The summed E-state index contributed by atoms with van der Waals surface area (Å²) in [5.74, 6) is 0.147. The molecule has 0 aliphatic rings. The average molecular weight is 239 g/mol. The van der Waals surface area contributed by atoms with E-state index >= 15 is 0 Å². The van der Waals surface area contributed by atoms with Gasteiger partial charge in [0.15, 0.2) is 0 Å². The predicted molar refractivity (Wildman–Crippen MR) is 65.4 cm³/mol. The zero-order chi connectivity index (χ0) is 12.7. The molecule has 6 nitrogen and oxygen atoms in total. The molecule has 0 bridgehead atoms. The molecule has 1 unspecified atom stereocenters. The molecule has 96 valence electrons. The Morgan fingerprint density at radius 3 is 2.71 bits per heavy atom. The van der Waals surface area contributed by atoms with E-state index in [1.54, 1.807) is 17.1 Å². The second-order valence-corrected chi connectivity index (χ2v) is 3.85. The Morgan fingerprint density at radius 2 is 2.18 bits per heavy atom. The Labute approximate surface area is 102 Å². The van der Waals surface area contributed by atoms with Gasteiger partial charge in [-0.05, 0) is 20.8 Å². The fourth-order valence-corrected chi connectivity index (χ4v) is 1.64. The molecule has 0 saturated heterocycles. The Kier molecular flexibility index (Phi) is 5.62. The molecule has 1 N–H and O–H groups in total. The lowest BCUT2D eigenvalue weighted by atomic mass is 10.3. The molecule has 0 spiro atoms. The maximum atomic E-state index is 11.9. The Morgan fingerprint density at radius 1 is 1.47 bits per heavy atom. The van der Waals surface area contributed by atoms with Crippen molar-refractivity contribution in [3.05, 3.63) is 12.4 Å². The molecule has 0 saturated carbocycles. The van der Waals surface area contributed by atoms with Crippen molar-refractivity contribution in [1.82, 2.24) is 25.2 Å². The summed E-state index contributed by atoms with van der Waals surface area (Å²) in [5.41, 5.74) is 0. The number of nitrogens with zero attached hydrogens (tertiary/aromatic N) is 4. The summed E-state index contributed by atoms with van der Waals surface area (Å²) >= 11 is 0. The fraction of sp³-hybridized carbons (Fsp3) is 0.727. The first kappa shape index (κ1) is 13.6. The van der Waals surface area contributed by atoms with Gasteiger partial charge in [-0.15, -0.1) is 5.10 Å². The van der Waals surface area contributed by atoms with Crippen LogP contribution in [0.4, 0.5) is 0 Å². The quantitative estimate of drug-likeness (QED) is 0.734. The number of carbonyl (C=O) groups excluding carboxylic acids is 1. The van der Waals surface area contributed by atoms with Gasteiger partial charge in [0, 0.05) is 25.8 Å². The molecule has 0 radical (unpaired) electrons. The van der Waals surface area contributed by atoms with Gasteiger partial charge in [-0.1, -0.05) is 5.21 Å². The van der Waals surface area contributed by atoms with Crippen LogP contribution in [0.25, 0.3) is 0 Å². The Bertz CT molecular complexity index is 321. The zero-order valence-corrected chi connectivity index (χ0v) is 10.8. The van der Waals surface area contributed by atoms with E-state index in [1.165, 1.54) is 0 Å². The standard InChI is InChI=1S/C11H21N5O/c1-4-15(5-2)11(17)10(3)12-6-8-16-9-7-13-14-16/h7,9-10,12H,4-6,8H2,1-3H3. The molecule has 1 aromatic heterocycles. The van der Waals surface area contributed by atoms with Gasteiger partial charge in [-0.25, -0.2) is 0 Å². The highest BCUT2D eigenvalue weighted by Gasteiger charge is 2.16. The van der Waals surface area contributed by atoms with E-state index in [0.717, 1.165) is 19.6 Å². The van der Waals surface area contributed by atoms with Gasteiger partial charge in [0.1, 0.15) is 0 Å². The van der Waals surface area contributed by atoms with Gasteiger partial charge >= 0.3 is 0 Å². The first-order valence-corrected chi connectivity index (χ1v) is 6.05. The topological polar surface area (TPSA) is 63.1 Å². The lowest BCUT2D eigenvalue weighted by molar-refractivity contribution is -0.132. The molecule has 17 heavy (non-hydrogen) atoms. The van der Waals surface area contributed by atoms with E-state index in [-0.39, 0.29) is 11.9 Å². The van der Waals surface area contributed by atoms with Crippen molar-refractivity contribution in [3.63, 3.8) is 0 Å².